The molecule has 20 heavy (non-hydrogen) atoms. The van der Waals surface area contributed by atoms with Gasteiger partial charge in [-0.05, 0) is 58.9 Å². The molecule has 0 spiro atoms. The zero-order valence-corrected chi connectivity index (χ0v) is 14.0. The van der Waals surface area contributed by atoms with Crippen LogP contribution in [-0.4, -0.2) is 13.2 Å². The minimum Gasteiger partial charge on any atom is -0.490 e. The second-order valence-corrected chi connectivity index (χ2v) is 5.98. The summed E-state index contributed by atoms with van der Waals surface area (Å²) in [7, 11) is 0. The van der Waals surface area contributed by atoms with Crippen LogP contribution in [0, 0.1) is 0 Å². The summed E-state index contributed by atoms with van der Waals surface area (Å²) in [6, 6.07) is 7.72. The molecule has 2 N–H and O–H groups in total. The van der Waals surface area contributed by atoms with Crippen molar-refractivity contribution >= 4 is 27.3 Å². The standard InChI is InChI=1S/C15H18BrNO2S/c1-3-18-12-6-5-10(9-13(12)19-4-2)14(17)15-11(16)7-8-20-15/h5-9,14H,3-4,17H2,1-2H3. The van der Waals surface area contributed by atoms with Crippen molar-refractivity contribution in [3.8, 4) is 11.5 Å². The van der Waals surface area contributed by atoms with Crippen molar-refractivity contribution in [2.45, 2.75) is 19.9 Å². The maximum absolute atomic E-state index is 6.33. The fourth-order valence-electron chi connectivity index (χ4n) is 1.94. The van der Waals surface area contributed by atoms with E-state index in [-0.39, 0.29) is 6.04 Å². The Labute approximate surface area is 131 Å². The van der Waals surface area contributed by atoms with Crippen LogP contribution in [0.5, 0.6) is 11.5 Å². The first-order valence-corrected chi connectivity index (χ1v) is 8.22. The third-order valence-corrected chi connectivity index (χ3v) is 4.81. The van der Waals surface area contributed by atoms with Crippen LogP contribution in [-0.2, 0) is 0 Å². The van der Waals surface area contributed by atoms with Gasteiger partial charge in [-0.3, -0.25) is 0 Å². The van der Waals surface area contributed by atoms with Crippen LogP contribution >= 0.6 is 27.3 Å². The Morgan fingerprint density at radius 3 is 2.45 bits per heavy atom. The molecular weight excluding hydrogens is 338 g/mol. The molecule has 0 aliphatic heterocycles. The second-order valence-electron chi connectivity index (χ2n) is 4.18. The fraction of sp³-hybridized carbons (Fsp3) is 0.333. The number of nitrogens with two attached hydrogens (primary N) is 1. The summed E-state index contributed by atoms with van der Waals surface area (Å²) in [6.45, 7) is 5.12. The van der Waals surface area contributed by atoms with E-state index < -0.39 is 0 Å². The van der Waals surface area contributed by atoms with Crippen molar-refractivity contribution in [3.63, 3.8) is 0 Å². The van der Waals surface area contributed by atoms with Crippen LogP contribution in [0.2, 0.25) is 0 Å². The average Bonchev–Trinajstić information content (AvgIpc) is 2.86. The minimum atomic E-state index is -0.167. The van der Waals surface area contributed by atoms with Crippen LogP contribution in [0.25, 0.3) is 0 Å². The largest absolute Gasteiger partial charge is 0.490 e. The van der Waals surface area contributed by atoms with Gasteiger partial charge in [0, 0.05) is 9.35 Å². The van der Waals surface area contributed by atoms with Gasteiger partial charge in [0.05, 0.1) is 19.3 Å². The number of ether oxygens (including phenoxy) is 2. The first kappa shape index (κ1) is 15.4. The summed E-state index contributed by atoms with van der Waals surface area (Å²) in [5, 5.41) is 2.03. The molecule has 2 aromatic rings. The molecule has 3 nitrogen and oxygen atoms in total. The molecule has 1 aromatic carbocycles. The molecular formula is C15H18BrNO2S. The van der Waals surface area contributed by atoms with Crippen LogP contribution < -0.4 is 15.2 Å². The van der Waals surface area contributed by atoms with E-state index in [0.717, 1.165) is 26.4 Å². The first-order chi connectivity index (χ1) is 9.67. The molecule has 0 amide bonds. The molecule has 1 unspecified atom stereocenters. The molecule has 108 valence electrons. The van der Waals surface area contributed by atoms with Gasteiger partial charge in [-0.25, -0.2) is 0 Å². The zero-order valence-electron chi connectivity index (χ0n) is 11.6. The highest BCUT2D eigenvalue weighted by atomic mass is 79.9. The second kappa shape index (κ2) is 7.11. The highest BCUT2D eigenvalue weighted by Gasteiger charge is 2.16. The van der Waals surface area contributed by atoms with Crippen molar-refractivity contribution in [2.24, 2.45) is 5.73 Å². The third kappa shape index (κ3) is 3.34. The zero-order chi connectivity index (χ0) is 14.5. The van der Waals surface area contributed by atoms with Crippen LogP contribution in [0.1, 0.15) is 30.3 Å². The van der Waals surface area contributed by atoms with Crippen molar-refractivity contribution in [2.75, 3.05) is 13.2 Å². The van der Waals surface area contributed by atoms with E-state index in [4.69, 9.17) is 15.2 Å². The lowest BCUT2D eigenvalue weighted by molar-refractivity contribution is 0.287. The Morgan fingerprint density at radius 1 is 1.15 bits per heavy atom. The Kier molecular flexibility index (Phi) is 5.46. The van der Waals surface area contributed by atoms with Crippen LogP contribution in [0.4, 0.5) is 0 Å². The van der Waals surface area contributed by atoms with E-state index in [1.165, 1.54) is 0 Å². The molecule has 0 saturated heterocycles. The smallest absolute Gasteiger partial charge is 0.161 e. The van der Waals surface area contributed by atoms with Gasteiger partial charge >= 0.3 is 0 Å². The van der Waals surface area contributed by atoms with E-state index in [1.54, 1.807) is 11.3 Å². The number of hydrogen-bond acceptors (Lipinski definition) is 4. The maximum atomic E-state index is 6.33. The quantitative estimate of drug-likeness (QED) is 0.837. The van der Waals surface area contributed by atoms with Gasteiger partial charge in [0.25, 0.3) is 0 Å². The normalized spacial score (nSPS) is 12.2. The van der Waals surface area contributed by atoms with Gasteiger partial charge < -0.3 is 15.2 Å². The summed E-state index contributed by atoms with van der Waals surface area (Å²) in [5.74, 6) is 1.51. The maximum Gasteiger partial charge on any atom is 0.161 e. The molecule has 1 heterocycles. The van der Waals surface area contributed by atoms with Gasteiger partial charge in [-0.1, -0.05) is 6.07 Å². The van der Waals surface area contributed by atoms with E-state index in [0.29, 0.717) is 13.2 Å². The topological polar surface area (TPSA) is 44.5 Å². The molecule has 2 rings (SSSR count). The van der Waals surface area contributed by atoms with Crippen molar-refractivity contribution in [1.29, 1.82) is 0 Å². The lowest BCUT2D eigenvalue weighted by atomic mass is 10.1. The summed E-state index contributed by atoms with van der Waals surface area (Å²) >= 11 is 5.17. The summed E-state index contributed by atoms with van der Waals surface area (Å²) in [5.41, 5.74) is 7.35. The van der Waals surface area contributed by atoms with Crippen molar-refractivity contribution < 1.29 is 9.47 Å². The van der Waals surface area contributed by atoms with E-state index in [9.17, 15) is 0 Å². The molecule has 5 heteroatoms. The van der Waals surface area contributed by atoms with Gasteiger partial charge in [0.1, 0.15) is 0 Å². The van der Waals surface area contributed by atoms with Gasteiger partial charge in [0.15, 0.2) is 11.5 Å². The van der Waals surface area contributed by atoms with E-state index in [2.05, 4.69) is 15.9 Å². The number of hydrogen-bond donors (Lipinski definition) is 1. The molecule has 0 aliphatic rings. The van der Waals surface area contributed by atoms with Gasteiger partial charge in [-0.2, -0.15) is 0 Å². The van der Waals surface area contributed by atoms with E-state index >= 15 is 0 Å². The fourth-order valence-corrected chi connectivity index (χ4v) is 3.59. The molecule has 0 fully saturated rings. The highest BCUT2D eigenvalue weighted by Crippen LogP contribution is 2.35. The van der Waals surface area contributed by atoms with Gasteiger partial charge in [-0.15, -0.1) is 11.3 Å². The number of thiophene rings is 1. The molecule has 1 aromatic heterocycles. The number of halogens is 1. The van der Waals surface area contributed by atoms with Gasteiger partial charge in [0.2, 0.25) is 0 Å². The summed E-state index contributed by atoms with van der Waals surface area (Å²) < 4.78 is 12.2. The Hall–Kier alpha value is -1.04. The predicted molar refractivity (Wildman–Crippen MR) is 86.8 cm³/mol. The average molecular weight is 356 g/mol. The Balaban J connectivity index is 2.32. The minimum absolute atomic E-state index is 0.167. The predicted octanol–water partition coefficient (Wildman–Crippen LogP) is 4.36. The lowest BCUT2D eigenvalue weighted by Crippen LogP contribution is -2.11. The van der Waals surface area contributed by atoms with Crippen LogP contribution in [0.15, 0.2) is 34.1 Å². The van der Waals surface area contributed by atoms with E-state index in [1.807, 2.05) is 43.5 Å². The molecule has 1 atom stereocenters. The summed E-state index contributed by atoms with van der Waals surface area (Å²) in [4.78, 5) is 1.11. The Morgan fingerprint density at radius 2 is 1.85 bits per heavy atom. The van der Waals surface area contributed by atoms with Crippen LogP contribution in [0.3, 0.4) is 0 Å². The monoisotopic (exact) mass is 355 g/mol. The third-order valence-electron chi connectivity index (χ3n) is 2.85. The molecule has 0 bridgehead atoms. The molecule has 0 radical (unpaired) electrons. The first-order valence-electron chi connectivity index (χ1n) is 6.55. The Bertz CT molecular complexity index is 571. The molecule has 0 aliphatic carbocycles. The summed E-state index contributed by atoms with van der Waals surface area (Å²) in [6.07, 6.45) is 0. The SMILES string of the molecule is CCOc1ccc(C(N)c2sccc2Br)cc1OCC. The molecule has 0 saturated carbocycles. The van der Waals surface area contributed by atoms with Crippen molar-refractivity contribution in [1.82, 2.24) is 0 Å². The highest BCUT2D eigenvalue weighted by molar-refractivity contribution is 9.10. The number of rotatable bonds is 6. The number of benzene rings is 1. The van der Waals surface area contributed by atoms with Crippen molar-refractivity contribution in [3.05, 3.63) is 44.6 Å². The lowest BCUT2D eigenvalue weighted by Gasteiger charge is -2.16.